The number of nitrogens with zero attached hydrogens (tertiary/aromatic N) is 6. The normalized spacial score (nSPS) is 20.0. The highest BCUT2D eigenvalue weighted by Gasteiger charge is 2.30. The quantitative estimate of drug-likeness (QED) is 0.0639. The lowest BCUT2D eigenvalue weighted by Gasteiger charge is -2.15. The summed E-state index contributed by atoms with van der Waals surface area (Å²) in [5.74, 6) is 0.378. The maximum Gasteiger partial charge on any atom is 0.488 e. The Morgan fingerprint density at radius 3 is 1.37 bits per heavy atom. The molecule has 3 aliphatic carbocycles. The number of nitrogens with two attached hydrogens (primary N) is 1. The monoisotopic (exact) mass is 1070 g/mol. The van der Waals surface area contributed by atoms with Crippen molar-refractivity contribution < 1.29 is 27.3 Å². The van der Waals surface area contributed by atoms with Gasteiger partial charge in [0.1, 0.15) is 0 Å². The van der Waals surface area contributed by atoms with E-state index in [0.29, 0.717) is 47.9 Å². The molecule has 0 radical (unpaired) electrons. The summed E-state index contributed by atoms with van der Waals surface area (Å²) in [6.07, 6.45) is 14.1. The Labute approximate surface area is 437 Å². The van der Waals surface area contributed by atoms with Gasteiger partial charge in [-0.1, -0.05) is 131 Å². The number of hydrogen-bond donors (Lipinski definition) is 6. The van der Waals surface area contributed by atoms with E-state index >= 15 is 0 Å². The largest absolute Gasteiger partial charge is 0.488 e. The summed E-state index contributed by atoms with van der Waals surface area (Å²) < 4.78 is 5.06. The van der Waals surface area contributed by atoms with Crippen LogP contribution in [0.25, 0.3) is 33.6 Å². The zero-order chi connectivity index (χ0) is 50.9. The summed E-state index contributed by atoms with van der Waals surface area (Å²) >= 11 is 15.0. The molecule has 2 aromatic heterocycles. The van der Waals surface area contributed by atoms with Crippen molar-refractivity contribution in [3.63, 3.8) is 0 Å². The fraction of sp³-hybridized carbons (Fsp3) is 0.404. The molecule has 3 saturated carbocycles. The highest BCUT2D eigenvalue weighted by atomic mass is 79.9. The van der Waals surface area contributed by atoms with E-state index < -0.39 is 7.12 Å². The number of benzene rings is 4. The second-order valence-electron chi connectivity index (χ2n) is 18.0. The van der Waals surface area contributed by atoms with Crippen LogP contribution >= 0.6 is 39.1 Å². The molecule has 3 fully saturated rings. The Morgan fingerprint density at radius 2 is 0.972 bits per heavy atom. The molecule has 3 aliphatic rings. The molecular formula is C52H68BBrCl2N10O5. The molecule has 0 bridgehead atoms. The second kappa shape index (κ2) is 27.4. The zero-order valence-electron chi connectivity index (χ0n) is 40.4. The maximum atomic E-state index is 11.7. The van der Waals surface area contributed by atoms with Gasteiger partial charge in [-0.25, -0.2) is 9.36 Å². The van der Waals surface area contributed by atoms with Crippen molar-refractivity contribution in [2.75, 3.05) is 0 Å². The van der Waals surface area contributed by atoms with Gasteiger partial charge in [-0.15, -0.1) is 10.2 Å². The van der Waals surface area contributed by atoms with Crippen molar-refractivity contribution in [3.05, 3.63) is 124 Å². The number of aromatic nitrogens is 6. The molecule has 71 heavy (non-hydrogen) atoms. The number of halogens is 3. The first-order valence-corrected chi connectivity index (χ1v) is 26.0. The van der Waals surface area contributed by atoms with Gasteiger partial charge in [-0.05, 0) is 111 Å². The van der Waals surface area contributed by atoms with Crippen molar-refractivity contribution in [1.82, 2.24) is 45.9 Å². The van der Waals surface area contributed by atoms with Crippen LogP contribution < -0.4 is 27.1 Å². The Morgan fingerprint density at radius 1 is 0.606 bits per heavy atom. The predicted molar refractivity (Wildman–Crippen MR) is 289 cm³/mol. The van der Waals surface area contributed by atoms with Crippen molar-refractivity contribution in [2.45, 2.75) is 134 Å². The van der Waals surface area contributed by atoms with Crippen LogP contribution in [-0.4, -0.2) is 89.0 Å². The van der Waals surface area contributed by atoms with Crippen LogP contribution in [0.2, 0.25) is 10.0 Å². The molecule has 380 valence electrons. The molecule has 0 aliphatic heterocycles. The van der Waals surface area contributed by atoms with Gasteiger partial charge in [0, 0.05) is 71.9 Å². The summed E-state index contributed by atoms with van der Waals surface area (Å²) in [7, 11) is -1.41. The Balaban J connectivity index is 0.000000227. The fourth-order valence-corrected chi connectivity index (χ4v) is 9.45. The van der Waals surface area contributed by atoms with E-state index in [0.717, 1.165) is 101 Å². The Hall–Kier alpha value is -5.43. The standard InChI is InChI=1S/C22H23ClN4O.C16H19BrN4O.C8H16N2O.C6H6BClO2.2H2/c1-2-22(28)25-19-11-12-20(13-19)27-21(14-24-26-27)17-5-3-15(4-6-17)16-7-9-18(23)10-8-16;1-2-16(22)19-13-7-8-14(9-13)21-15(10-18-20-21)11-3-5-12(17)6-4-11;1-2-8(11)10-7-4-3-6(9)5-7;8-6-3-1-5(2-4-6)7(9)10;;/h3-10,14,19-20H,2,11-13H2,1H3,(H,25,28);3-6,10,13-14H,2,7-9H2,1H3,(H,19,22);6-7H,2-5,9H2,1H3,(H,10,11);1-4,9-10H;2*1H/t19-,20+;13-,14+;6-,7+;;;/m001.../s1/i;;;;1+1;. The molecule has 6 aromatic rings. The van der Waals surface area contributed by atoms with Crippen molar-refractivity contribution >= 4 is 69.4 Å². The first kappa shape index (κ1) is 54.9. The number of hydrogen-bond acceptors (Lipinski definition) is 10. The summed E-state index contributed by atoms with van der Waals surface area (Å²) in [5, 5.41) is 44.5. The van der Waals surface area contributed by atoms with Crippen LogP contribution in [0.4, 0.5) is 0 Å². The molecule has 2 heterocycles. The minimum Gasteiger partial charge on any atom is -0.423 e. The lowest BCUT2D eigenvalue weighted by atomic mass is 9.81. The third-order valence-corrected chi connectivity index (χ3v) is 13.9. The highest BCUT2D eigenvalue weighted by molar-refractivity contribution is 9.10. The van der Waals surface area contributed by atoms with Gasteiger partial charge in [0.2, 0.25) is 17.7 Å². The lowest BCUT2D eigenvalue weighted by Crippen LogP contribution is -2.33. The van der Waals surface area contributed by atoms with Crippen LogP contribution in [0.5, 0.6) is 0 Å². The number of nitrogens with one attached hydrogen (secondary N) is 3. The van der Waals surface area contributed by atoms with Crippen molar-refractivity contribution in [1.29, 1.82) is 0 Å². The molecular weight excluding hydrogens is 1010 g/mol. The summed E-state index contributed by atoms with van der Waals surface area (Å²) in [4.78, 5) is 34.1. The molecule has 15 nitrogen and oxygen atoms in total. The number of carbonyl (C=O) groups is 3. The van der Waals surface area contributed by atoms with Crippen LogP contribution in [0, 0.1) is 0 Å². The van der Waals surface area contributed by atoms with Crippen LogP contribution in [-0.2, 0) is 14.4 Å². The topological polar surface area (TPSA) is 215 Å². The summed E-state index contributed by atoms with van der Waals surface area (Å²) in [6, 6.07) is 32.4. The minimum atomic E-state index is -1.41. The van der Waals surface area contributed by atoms with Crippen molar-refractivity contribution in [2.24, 2.45) is 5.73 Å². The van der Waals surface area contributed by atoms with E-state index in [-0.39, 0.29) is 38.7 Å². The first-order chi connectivity index (χ1) is 34.2. The van der Waals surface area contributed by atoms with E-state index in [9.17, 15) is 14.4 Å². The van der Waals surface area contributed by atoms with E-state index in [1.54, 1.807) is 30.5 Å². The second-order valence-corrected chi connectivity index (χ2v) is 19.8. The van der Waals surface area contributed by atoms with Gasteiger partial charge in [0.05, 0.1) is 35.9 Å². The molecule has 0 spiro atoms. The van der Waals surface area contributed by atoms with Gasteiger partial charge in [-0.2, -0.15) is 0 Å². The number of amides is 3. The van der Waals surface area contributed by atoms with E-state index in [4.69, 9.17) is 39.0 Å². The van der Waals surface area contributed by atoms with Crippen LogP contribution in [0.3, 0.4) is 0 Å². The van der Waals surface area contributed by atoms with Crippen LogP contribution in [0.1, 0.15) is 113 Å². The van der Waals surface area contributed by atoms with Gasteiger partial charge in [-0.3, -0.25) is 14.4 Å². The number of rotatable bonds is 12. The predicted octanol–water partition coefficient (Wildman–Crippen LogP) is 9.12. The van der Waals surface area contributed by atoms with Gasteiger partial charge in [0.15, 0.2) is 0 Å². The fourth-order valence-electron chi connectivity index (χ4n) is 8.93. The summed E-state index contributed by atoms with van der Waals surface area (Å²) in [6.45, 7) is 5.63. The zero-order valence-corrected chi connectivity index (χ0v) is 43.5. The van der Waals surface area contributed by atoms with Gasteiger partial charge in [0.25, 0.3) is 0 Å². The lowest BCUT2D eigenvalue weighted by molar-refractivity contribution is -0.122. The van der Waals surface area contributed by atoms with E-state index in [2.05, 4.69) is 88.9 Å². The third kappa shape index (κ3) is 16.6. The van der Waals surface area contributed by atoms with Crippen molar-refractivity contribution in [3.8, 4) is 33.6 Å². The molecule has 4 aromatic carbocycles. The molecule has 0 unspecified atom stereocenters. The molecule has 7 N–H and O–H groups in total. The maximum absolute atomic E-state index is 11.7. The molecule has 9 rings (SSSR count). The first-order valence-electron chi connectivity index (χ1n) is 24.4. The van der Waals surface area contributed by atoms with E-state index in [1.807, 2.05) is 72.7 Å². The minimum absolute atomic E-state index is 0. The third-order valence-electron chi connectivity index (χ3n) is 12.8. The van der Waals surface area contributed by atoms with Gasteiger partial charge < -0.3 is 31.7 Å². The number of carbonyl (C=O) groups excluding carboxylic acids is 3. The van der Waals surface area contributed by atoms with Gasteiger partial charge >= 0.3 is 7.12 Å². The average molecular weight is 1080 g/mol. The average Bonchev–Trinajstić information content (AvgIpc) is 4.25. The molecule has 0 saturated heterocycles. The highest BCUT2D eigenvalue weighted by Crippen LogP contribution is 2.35. The Bertz CT molecular complexity index is 2610. The summed E-state index contributed by atoms with van der Waals surface area (Å²) in [5.41, 5.74) is 12.6. The molecule has 3 amide bonds. The molecule has 6 atom stereocenters. The Kier molecular flexibility index (Phi) is 21.2. The molecule has 19 heteroatoms. The SMILES string of the molecule is CCC(=O)N[C@H]1CC[C@@H](N)C1.CCC(=O)N[C@H]1CC[C@@H](n2nncc2-c2ccc(-c3ccc(Cl)cc3)cc2)C1.CCC(=O)N[C@H]1CC[C@@H](n2nncc2-c2ccc(Br)cc2)C1.OB(O)c1ccc(Cl)cc1.[2HH].[HH]. The van der Waals surface area contributed by atoms with Crippen LogP contribution in [0.15, 0.2) is 114 Å². The van der Waals surface area contributed by atoms with E-state index in [1.165, 1.54) is 0 Å². The smallest absolute Gasteiger partial charge is 0.423 e.